The van der Waals surface area contributed by atoms with Gasteiger partial charge in [-0.2, -0.15) is 0 Å². The highest BCUT2D eigenvalue weighted by atomic mass is 32.1. The molecular weight excluding hydrogens is 300 g/mol. The van der Waals surface area contributed by atoms with Gasteiger partial charge in [0, 0.05) is 9.58 Å². The first-order valence-electron chi connectivity index (χ1n) is 6.68. The zero-order chi connectivity index (χ0) is 15.5. The van der Waals surface area contributed by atoms with E-state index in [1.54, 1.807) is 30.6 Å². The van der Waals surface area contributed by atoms with E-state index in [-0.39, 0.29) is 0 Å². The van der Waals surface area contributed by atoms with Gasteiger partial charge in [0.1, 0.15) is 18.1 Å². The van der Waals surface area contributed by atoms with Crippen LogP contribution in [0.1, 0.15) is 15.2 Å². The van der Waals surface area contributed by atoms with E-state index in [9.17, 15) is 4.79 Å². The Morgan fingerprint density at radius 2 is 1.82 bits per heavy atom. The Labute approximate surface area is 131 Å². The number of rotatable bonds is 5. The van der Waals surface area contributed by atoms with Crippen molar-refractivity contribution in [3.8, 4) is 11.5 Å². The molecule has 0 aliphatic rings. The molecule has 1 aromatic heterocycles. The summed E-state index contributed by atoms with van der Waals surface area (Å²) in [6.07, 6.45) is 0. The molecule has 0 saturated heterocycles. The summed E-state index contributed by atoms with van der Waals surface area (Å²) in [5.41, 5.74) is 0.303. The van der Waals surface area contributed by atoms with Crippen molar-refractivity contribution in [2.75, 3.05) is 7.11 Å². The maximum atomic E-state index is 11.0. The number of aromatic carboxylic acids is 1. The Hall–Kier alpha value is -2.53. The van der Waals surface area contributed by atoms with E-state index < -0.39 is 5.97 Å². The summed E-state index contributed by atoms with van der Waals surface area (Å²) in [6.45, 7) is 0.452. The molecule has 0 atom stereocenters. The van der Waals surface area contributed by atoms with E-state index in [4.69, 9.17) is 14.6 Å². The van der Waals surface area contributed by atoms with Gasteiger partial charge in [-0.25, -0.2) is 4.79 Å². The van der Waals surface area contributed by atoms with E-state index in [2.05, 4.69) is 0 Å². The molecule has 0 aliphatic carbocycles. The molecule has 0 unspecified atom stereocenters. The predicted molar refractivity (Wildman–Crippen MR) is 86.1 cm³/mol. The standard InChI is InChI=1S/C17H14O4S/c1-20-13-4-6-14(7-5-13)21-10-15-8-11-2-3-12(17(18)19)9-16(11)22-15/h2-9H,10H2,1H3,(H,18,19). The normalized spacial score (nSPS) is 10.6. The van der Waals surface area contributed by atoms with Crippen molar-refractivity contribution in [3.05, 3.63) is 59.0 Å². The van der Waals surface area contributed by atoms with Crippen LogP contribution in [0.4, 0.5) is 0 Å². The Morgan fingerprint density at radius 3 is 2.50 bits per heavy atom. The maximum absolute atomic E-state index is 11.0. The number of hydrogen-bond acceptors (Lipinski definition) is 4. The third kappa shape index (κ3) is 3.04. The van der Waals surface area contributed by atoms with Crippen molar-refractivity contribution in [1.29, 1.82) is 0 Å². The average molecular weight is 314 g/mol. The lowest BCUT2D eigenvalue weighted by molar-refractivity contribution is 0.0697. The molecule has 1 heterocycles. The molecule has 3 rings (SSSR count). The smallest absolute Gasteiger partial charge is 0.335 e. The van der Waals surface area contributed by atoms with Gasteiger partial charge in [0.25, 0.3) is 0 Å². The Kier molecular flexibility index (Phi) is 3.98. The highest BCUT2D eigenvalue weighted by Gasteiger charge is 2.07. The number of thiophene rings is 1. The number of benzene rings is 2. The van der Waals surface area contributed by atoms with E-state index in [0.717, 1.165) is 26.5 Å². The fraction of sp³-hybridized carbons (Fsp3) is 0.118. The number of carboxylic acids is 1. The Bertz CT molecular complexity index is 805. The van der Waals surface area contributed by atoms with Gasteiger partial charge in [-0.15, -0.1) is 11.3 Å². The summed E-state index contributed by atoms with van der Waals surface area (Å²) in [6, 6.07) is 14.6. The van der Waals surface area contributed by atoms with Gasteiger partial charge in [0.2, 0.25) is 0 Å². The van der Waals surface area contributed by atoms with Gasteiger partial charge in [-0.1, -0.05) is 6.07 Å². The molecule has 2 aromatic carbocycles. The number of ether oxygens (including phenoxy) is 2. The number of carboxylic acid groups (broad SMARTS) is 1. The minimum absolute atomic E-state index is 0.303. The minimum atomic E-state index is -0.911. The van der Waals surface area contributed by atoms with Crippen LogP contribution < -0.4 is 9.47 Å². The van der Waals surface area contributed by atoms with Crippen LogP contribution in [0, 0.1) is 0 Å². The Balaban J connectivity index is 1.74. The van der Waals surface area contributed by atoms with Crippen LogP contribution in [-0.4, -0.2) is 18.2 Å². The monoisotopic (exact) mass is 314 g/mol. The maximum Gasteiger partial charge on any atom is 0.335 e. The number of methoxy groups -OCH3 is 1. The molecule has 0 radical (unpaired) electrons. The first-order valence-corrected chi connectivity index (χ1v) is 7.50. The van der Waals surface area contributed by atoms with Crippen LogP contribution in [-0.2, 0) is 6.61 Å². The van der Waals surface area contributed by atoms with Gasteiger partial charge in [0.15, 0.2) is 0 Å². The highest BCUT2D eigenvalue weighted by molar-refractivity contribution is 7.19. The molecule has 0 bridgehead atoms. The van der Waals surface area contributed by atoms with Crippen LogP contribution in [0.25, 0.3) is 10.1 Å². The number of hydrogen-bond donors (Lipinski definition) is 1. The third-order valence-corrected chi connectivity index (χ3v) is 4.33. The topological polar surface area (TPSA) is 55.8 Å². The van der Waals surface area contributed by atoms with Gasteiger partial charge in [0.05, 0.1) is 12.7 Å². The molecule has 1 N–H and O–H groups in total. The first-order chi connectivity index (χ1) is 10.7. The largest absolute Gasteiger partial charge is 0.497 e. The van der Waals surface area contributed by atoms with Gasteiger partial charge >= 0.3 is 5.97 Å². The van der Waals surface area contributed by atoms with Crippen LogP contribution >= 0.6 is 11.3 Å². The van der Waals surface area contributed by atoms with Crippen LogP contribution in [0.3, 0.4) is 0 Å². The molecule has 3 aromatic rings. The first kappa shape index (κ1) is 14.4. The molecular formula is C17H14O4S. The quantitative estimate of drug-likeness (QED) is 0.767. The summed E-state index contributed by atoms with van der Waals surface area (Å²) in [5, 5.41) is 10.0. The second-order valence-electron chi connectivity index (χ2n) is 4.73. The lowest BCUT2D eigenvalue weighted by atomic mass is 10.2. The lowest BCUT2D eigenvalue weighted by Gasteiger charge is -2.05. The molecule has 0 fully saturated rings. The second-order valence-corrected chi connectivity index (χ2v) is 5.90. The molecule has 4 nitrogen and oxygen atoms in total. The van der Waals surface area contributed by atoms with Crippen LogP contribution in [0.2, 0.25) is 0 Å². The van der Waals surface area contributed by atoms with Crippen molar-refractivity contribution >= 4 is 27.4 Å². The van der Waals surface area contributed by atoms with Crippen molar-refractivity contribution < 1.29 is 19.4 Å². The van der Waals surface area contributed by atoms with Gasteiger partial charge in [-0.05, 0) is 47.9 Å². The fourth-order valence-corrected chi connectivity index (χ4v) is 3.13. The van der Waals surface area contributed by atoms with E-state index in [1.807, 2.05) is 36.4 Å². The molecule has 0 spiro atoms. The summed E-state index contributed by atoms with van der Waals surface area (Å²) < 4.78 is 11.8. The average Bonchev–Trinajstić information content (AvgIpc) is 2.95. The van der Waals surface area contributed by atoms with E-state index in [1.165, 1.54) is 0 Å². The van der Waals surface area contributed by atoms with E-state index in [0.29, 0.717) is 12.2 Å². The molecule has 0 saturated carbocycles. The number of carbonyl (C=O) groups is 1. The van der Waals surface area contributed by atoms with E-state index >= 15 is 0 Å². The molecule has 112 valence electrons. The molecule has 0 amide bonds. The molecule has 5 heteroatoms. The third-order valence-electron chi connectivity index (χ3n) is 3.26. The van der Waals surface area contributed by atoms with Crippen molar-refractivity contribution in [1.82, 2.24) is 0 Å². The summed E-state index contributed by atoms with van der Waals surface area (Å²) in [5.74, 6) is 0.645. The van der Waals surface area contributed by atoms with Crippen LogP contribution in [0.5, 0.6) is 11.5 Å². The number of fused-ring (bicyclic) bond motifs is 1. The molecule has 22 heavy (non-hydrogen) atoms. The Morgan fingerprint density at radius 1 is 1.09 bits per heavy atom. The summed E-state index contributed by atoms with van der Waals surface area (Å²) in [7, 11) is 1.62. The lowest BCUT2D eigenvalue weighted by Crippen LogP contribution is -1.94. The highest BCUT2D eigenvalue weighted by Crippen LogP contribution is 2.28. The fourth-order valence-electron chi connectivity index (χ4n) is 2.12. The second kappa shape index (κ2) is 6.07. The SMILES string of the molecule is COc1ccc(OCc2cc3ccc(C(=O)O)cc3s2)cc1. The van der Waals surface area contributed by atoms with Crippen LogP contribution in [0.15, 0.2) is 48.5 Å². The molecule has 0 aliphatic heterocycles. The van der Waals surface area contributed by atoms with Gasteiger partial charge in [-0.3, -0.25) is 0 Å². The van der Waals surface area contributed by atoms with Crippen molar-refractivity contribution in [2.45, 2.75) is 6.61 Å². The predicted octanol–water partition coefficient (Wildman–Crippen LogP) is 4.19. The minimum Gasteiger partial charge on any atom is -0.497 e. The zero-order valence-corrected chi connectivity index (χ0v) is 12.7. The van der Waals surface area contributed by atoms with Crippen molar-refractivity contribution in [2.24, 2.45) is 0 Å². The summed E-state index contributed by atoms with van der Waals surface area (Å²) in [4.78, 5) is 12.0. The zero-order valence-electron chi connectivity index (χ0n) is 11.9. The summed E-state index contributed by atoms with van der Waals surface area (Å²) >= 11 is 1.54. The van der Waals surface area contributed by atoms with Crippen molar-refractivity contribution in [3.63, 3.8) is 0 Å². The van der Waals surface area contributed by atoms with Gasteiger partial charge < -0.3 is 14.6 Å².